The van der Waals surface area contributed by atoms with E-state index < -0.39 is 24.0 Å². The van der Waals surface area contributed by atoms with E-state index in [-0.39, 0.29) is 11.5 Å². The molecule has 1 spiro atoms. The van der Waals surface area contributed by atoms with Crippen molar-refractivity contribution in [1.82, 2.24) is 4.98 Å². The molecule has 2 aliphatic rings. The van der Waals surface area contributed by atoms with Gasteiger partial charge in [-0.15, -0.1) is 11.3 Å². The Labute approximate surface area is 206 Å². The molecule has 1 aliphatic carbocycles. The maximum atomic E-state index is 13.4. The summed E-state index contributed by atoms with van der Waals surface area (Å²) in [5.74, 6) is -0.742. The average Bonchev–Trinajstić information content (AvgIpc) is 3.52. The van der Waals surface area contributed by atoms with Crippen LogP contribution in [0.5, 0.6) is 5.75 Å². The Bertz CT molecular complexity index is 1280. The molecule has 8 nitrogen and oxygen atoms in total. The fourth-order valence-corrected chi connectivity index (χ4v) is 5.35. The number of nitrogens with one attached hydrogen (secondary N) is 1. The monoisotopic (exact) mass is 491 g/mol. The van der Waals surface area contributed by atoms with Gasteiger partial charge in [0.1, 0.15) is 17.9 Å². The summed E-state index contributed by atoms with van der Waals surface area (Å²) >= 11 is 1.55. The maximum Gasteiger partial charge on any atom is 0.338 e. The predicted octanol–water partition coefficient (Wildman–Crippen LogP) is 4.49. The number of amides is 2. The van der Waals surface area contributed by atoms with Gasteiger partial charge in [-0.05, 0) is 50.1 Å². The van der Waals surface area contributed by atoms with Gasteiger partial charge in [0.05, 0.1) is 27.6 Å². The van der Waals surface area contributed by atoms with E-state index in [1.807, 2.05) is 18.4 Å². The van der Waals surface area contributed by atoms with Crippen LogP contribution in [0.25, 0.3) is 0 Å². The van der Waals surface area contributed by atoms with E-state index in [2.05, 4.69) is 10.3 Å². The van der Waals surface area contributed by atoms with Gasteiger partial charge in [0, 0.05) is 5.38 Å². The number of aromatic nitrogens is 1. The van der Waals surface area contributed by atoms with E-state index in [0.717, 1.165) is 23.5 Å². The van der Waals surface area contributed by atoms with Crippen LogP contribution in [-0.4, -0.2) is 34.9 Å². The molecule has 0 radical (unpaired) electrons. The Hall–Kier alpha value is -3.72. The number of thiazole rings is 1. The number of aryl methyl sites for hydroxylation is 1. The second-order valence-electron chi connectivity index (χ2n) is 8.69. The maximum absolute atomic E-state index is 13.4. The number of rotatable bonds is 6. The minimum atomic E-state index is -0.945. The van der Waals surface area contributed by atoms with E-state index in [4.69, 9.17) is 9.47 Å². The summed E-state index contributed by atoms with van der Waals surface area (Å²) < 4.78 is 11.1. The van der Waals surface area contributed by atoms with Gasteiger partial charge in [-0.3, -0.25) is 14.5 Å². The molecule has 0 atom stereocenters. The molecule has 1 aromatic heterocycles. The largest absolute Gasteiger partial charge is 0.487 e. The van der Waals surface area contributed by atoms with E-state index in [1.165, 1.54) is 4.90 Å². The summed E-state index contributed by atoms with van der Waals surface area (Å²) in [6.07, 6.45) is 2.86. The van der Waals surface area contributed by atoms with Gasteiger partial charge in [0.25, 0.3) is 11.8 Å². The summed E-state index contributed by atoms with van der Waals surface area (Å²) in [4.78, 5) is 45.0. The number of para-hydroxylation sites is 2. The molecule has 1 N–H and O–H groups in total. The topological polar surface area (TPSA) is 97.8 Å². The zero-order valence-corrected chi connectivity index (χ0v) is 20.1. The van der Waals surface area contributed by atoms with Crippen LogP contribution >= 0.6 is 11.3 Å². The predicted molar refractivity (Wildman–Crippen MR) is 132 cm³/mol. The highest BCUT2D eigenvalue weighted by Crippen LogP contribution is 2.45. The SMILES string of the molecule is Cc1nc(COc2cccc(C(=O)OCC(=O)N3c4ccccc4NC(=O)C34CCCC4)c2)cs1. The van der Waals surface area contributed by atoms with Gasteiger partial charge in [-0.2, -0.15) is 0 Å². The van der Waals surface area contributed by atoms with Crippen LogP contribution < -0.4 is 15.0 Å². The zero-order chi connectivity index (χ0) is 24.4. The van der Waals surface area contributed by atoms with E-state index in [9.17, 15) is 14.4 Å². The van der Waals surface area contributed by atoms with Gasteiger partial charge in [-0.1, -0.05) is 31.0 Å². The number of nitrogens with zero attached hydrogens (tertiary/aromatic N) is 2. The van der Waals surface area contributed by atoms with Crippen molar-refractivity contribution in [2.75, 3.05) is 16.8 Å². The molecule has 180 valence electrons. The van der Waals surface area contributed by atoms with Crippen molar-refractivity contribution >= 4 is 40.5 Å². The number of carbonyl (C=O) groups is 3. The lowest BCUT2D eigenvalue weighted by molar-refractivity contribution is -0.129. The van der Waals surface area contributed by atoms with E-state index in [0.29, 0.717) is 36.6 Å². The van der Waals surface area contributed by atoms with Crippen LogP contribution in [0, 0.1) is 6.92 Å². The number of ether oxygens (including phenoxy) is 2. The lowest BCUT2D eigenvalue weighted by atomic mass is 9.90. The molecule has 2 heterocycles. The highest BCUT2D eigenvalue weighted by Gasteiger charge is 2.52. The van der Waals surface area contributed by atoms with Gasteiger partial charge >= 0.3 is 5.97 Å². The van der Waals surface area contributed by atoms with Crippen molar-refractivity contribution in [3.8, 4) is 5.75 Å². The van der Waals surface area contributed by atoms with Crippen molar-refractivity contribution in [3.63, 3.8) is 0 Å². The van der Waals surface area contributed by atoms with Crippen molar-refractivity contribution in [2.24, 2.45) is 0 Å². The summed E-state index contributed by atoms with van der Waals surface area (Å²) in [7, 11) is 0. The Balaban J connectivity index is 1.28. The van der Waals surface area contributed by atoms with Crippen LogP contribution in [0.1, 0.15) is 46.7 Å². The first kappa shape index (κ1) is 23.0. The quantitative estimate of drug-likeness (QED) is 0.511. The number of benzene rings is 2. The highest BCUT2D eigenvalue weighted by molar-refractivity contribution is 7.09. The summed E-state index contributed by atoms with van der Waals surface area (Å²) in [5, 5.41) is 5.82. The molecule has 1 aliphatic heterocycles. The first-order chi connectivity index (χ1) is 17.0. The standard InChI is InChI=1S/C26H25N3O5S/c1-17-27-19(16-35-17)14-33-20-8-6-7-18(13-20)24(31)34-15-23(30)29-22-10-3-2-9-21(22)28-25(32)26(29)11-4-5-12-26/h2-3,6-10,13,16H,4-5,11-12,14-15H2,1H3,(H,28,32). The summed E-state index contributed by atoms with van der Waals surface area (Å²) in [6.45, 7) is 1.75. The number of hydrogen-bond acceptors (Lipinski definition) is 7. The van der Waals surface area contributed by atoms with Crippen molar-refractivity contribution in [1.29, 1.82) is 0 Å². The molecule has 9 heteroatoms. The first-order valence-electron chi connectivity index (χ1n) is 11.5. The molecular weight excluding hydrogens is 466 g/mol. The minimum Gasteiger partial charge on any atom is -0.487 e. The smallest absolute Gasteiger partial charge is 0.338 e. The van der Waals surface area contributed by atoms with Crippen molar-refractivity contribution < 1.29 is 23.9 Å². The van der Waals surface area contributed by atoms with E-state index >= 15 is 0 Å². The van der Waals surface area contributed by atoms with Gasteiger partial charge < -0.3 is 14.8 Å². The Morgan fingerprint density at radius 3 is 2.71 bits per heavy atom. The fraction of sp³-hybridized carbons (Fsp3) is 0.308. The molecule has 2 aromatic carbocycles. The molecule has 5 rings (SSSR count). The van der Waals surface area contributed by atoms with Crippen LogP contribution in [0.15, 0.2) is 53.9 Å². The molecule has 3 aromatic rings. The second-order valence-corrected chi connectivity index (χ2v) is 9.75. The second kappa shape index (κ2) is 9.50. The molecular formula is C26H25N3O5S. The lowest BCUT2D eigenvalue weighted by Crippen LogP contribution is -2.61. The number of fused-ring (bicyclic) bond motifs is 1. The molecule has 0 unspecified atom stereocenters. The number of anilines is 2. The van der Waals surface area contributed by atoms with Gasteiger partial charge in [-0.25, -0.2) is 9.78 Å². The third kappa shape index (κ3) is 4.51. The average molecular weight is 492 g/mol. The Morgan fingerprint density at radius 1 is 1.14 bits per heavy atom. The minimum absolute atomic E-state index is 0.187. The first-order valence-corrected chi connectivity index (χ1v) is 12.4. The zero-order valence-electron chi connectivity index (χ0n) is 19.3. The molecule has 1 saturated carbocycles. The third-order valence-electron chi connectivity index (χ3n) is 6.37. The molecule has 35 heavy (non-hydrogen) atoms. The van der Waals surface area contributed by atoms with Crippen LogP contribution in [0.4, 0.5) is 11.4 Å². The number of carbonyl (C=O) groups excluding carboxylic acids is 3. The molecule has 2 amide bonds. The normalized spacial score (nSPS) is 16.0. The fourth-order valence-electron chi connectivity index (χ4n) is 4.75. The van der Waals surface area contributed by atoms with Crippen LogP contribution in [-0.2, 0) is 20.9 Å². The lowest BCUT2D eigenvalue weighted by Gasteiger charge is -2.44. The summed E-state index contributed by atoms with van der Waals surface area (Å²) in [5.41, 5.74) is 1.35. The number of esters is 1. The van der Waals surface area contributed by atoms with Gasteiger partial charge in [0.15, 0.2) is 6.61 Å². The van der Waals surface area contributed by atoms with Crippen LogP contribution in [0.2, 0.25) is 0 Å². The Morgan fingerprint density at radius 2 is 1.94 bits per heavy atom. The molecule has 0 bridgehead atoms. The molecule has 1 fully saturated rings. The summed E-state index contributed by atoms with van der Waals surface area (Å²) in [6, 6.07) is 13.8. The Kier molecular flexibility index (Phi) is 6.25. The van der Waals surface area contributed by atoms with Crippen LogP contribution in [0.3, 0.4) is 0 Å². The number of hydrogen-bond donors (Lipinski definition) is 1. The molecule has 0 saturated heterocycles. The van der Waals surface area contributed by atoms with Crippen molar-refractivity contribution in [2.45, 2.75) is 44.8 Å². The van der Waals surface area contributed by atoms with Gasteiger partial charge in [0.2, 0.25) is 0 Å². The third-order valence-corrected chi connectivity index (χ3v) is 7.20. The van der Waals surface area contributed by atoms with E-state index in [1.54, 1.807) is 53.8 Å². The highest BCUT2D eigenvalue weighted by atomic mass is 32.1. The van der Waals surface area contributed by atoms with Crippen molar-refractivity contribution in [3.05, 3.63) is 70.2 Å².